The third kappa shape index (κ3) is 3.60. The van der Waals surface area contributed by atoms with Crippen LogP contribution in [0.2, 0.25) is 0 Å². The first-order valence-corrected chi connectivity index (χ1v) is 9.41. The average molecular weight is 417 g/mol. The number of ketones is 1. The van der Waals surface area contributed by atoms with Crippen LogP contribution in [0, 0.1) is 0 Å². The summed E-state index contributed by atoms with van der Waals surface area (Å²) < 4.78 is 7.48. The minimum atomic E-state index is -1.10. The zero-order valence-electron chi connectivity index (χ0n) is 16.5. The molecule has 0 saturated carbocycles. The van der Waals surface area contributed by atoms with Gasteiger partial charge in [0.2, 0.25) is 5.91 Å². The molecule has 0 N–H and O–H groups in total. The van der Waals surface area contributed by atoms with Crippen molar-refractivity contribution in [2.24, 2.45) is 14.1 Å². The fourth-order valence-corrected chi connectivity index (χ4v) is 3.82. The van der Waals surface area contributed by atoms with Gasteiger partial charge < -0.3 is 9.32 Å². The number of rotatable bonds is 5. The second-order valence-corrected chi connectivity index (χ2v) is 7.67. The Kier molecular flexibility index (Phi) is 5.42. The number of furan rings is 1. The maximum atomic E-state index is 12.8. The first-order valence-electron chi connectivity index (χ1n) is 8.53. The first kappa shape index (κ1) is 20.5. The molecule has 0 fully saturated rings. The summed E-state index contributed by atoms with van der Waals surface area (Å²) in [6.45, 7) is 1.30. The smallest absolute Gasteiger partial charge is 0.332 e. The number of carbonyl (C=O) groups excluding carboxylic acids is 2. The van der Waals surface area contributed by atoms with Crippen molar-refractivity contribution in [3.8, 4) is 11.6 Å². The van der Waals surface area contributed by atoms with Crippen LogP contribution in [0.25, 0.3) is 22.6 Å². The lowest BCUT2D eigenvalue weighted by molar-refractivity contribution is -0.132. The highest BCUT2D eigenvalue weighted by molar-refractivity contribution is 8.01. The predicted octanol–water partition coefficient (Wildman–Crippen LogP) is 0.425. The summed E-state index contributed by atoms with van der Waals surface area (Å²) in [4.78, 5) is 59.8. The summed E-state index contributed by atoms with van der Waals surface area (Å²) in [5.41, 5.74) is -1.09. The van der Waals surface area contributed by atoms with Crippen molar-refractivity contribution in [1.29, 1.82) is 0 Å². The van der Waals surface area contributed by atoms with Crippen molar-refractivity contribution >= 4 is 34.5 Å². The molecule has 0 aliphatic heterocycles. The summed E-state index contributed by atoms with van der Waals surface area (Å²) in [6, 6.07) is 3.27. The summed E-state index contributed by atoms with van der Waals surface area (Å²) in [5.74, 6) is -0.370. The number of carbonyl (C=O) groups is 2. The van der Waals surface area contributed by atoms with Gasteiger partial charge in [-0.15, -0.1) is 0 Å². The number of thioether (sulfide) groups is 1. The number of fused-ring (bicyclic) bond motifs is 1. The summed E-state index contributed by atoms with van der Waals surface area (Å²) in [5, 5.41) is -0.935. The van der Waals surface area contributed by atoms with Crippen LogP contribution in [0.5, 0.6) is 0 Å². The largest absolute Gasteiger partial charge is 0.461 e. The Hall–Kier alpha value is -3.21. The summed E-state index contributed by atoms with van der Waals surface area (Å²) in [6.07, 6.45) is 1.44. The quantitative estimate of drug-likeness (QED) is 0.333. The number of hydrogen-bond acceptors (Lipinski definition) is 8. The van der Waals surface area contributed by atoms with E-state index in [4.69, 9.17) is 4.42 Å². The molecular weight excluding hydrogens is 398 g/mol. The monoisotopic (exact) mass is 417 g/mol. The zero-order valence-corrected chi connectivity index (χ0v) is 17.3. The maximum absolute atomic E-state index is 12.8. The van der Waals surface area contributed by atoms with Crippen LogP contribution in [0.3, 0.4) is 0 Å². The lowest BCUT2D eigenvalue weighted by Gasteiger charge is -2.18. The highest BCUT2D eigenvalue weighted by Gasteiger charge is 2.29. The second-order valence-electron chi connectivity index (χ2n) is 6.58. The van der Waals surface area contributed by atoms with Crippen LogP contribution in [-0.2, 0) is 23.7 Å². The van der Waals surface area contributed by atoms with Crippen molar-refractivity contribution in [2.45, 2.75) is 17.2 Å². The van der Waals surface area contributed by atoms with Gasteiger partial charge in [0.15, 0.2) is 23.0 Å². The molecule has 0 aliphatic carbocycles. The molecule has 0 radical (unpaired) electrons. The number of Topliss-reactive ketones (excluding diaryl/α,β-unsaturated/α-hetero) is 1. The van der Waals surface area contributed by atoms with Crippen LogP contribution in [0.4, 0.5) is 0 Å². The highest BCUT2D eigenvalue weighted by atomic mass is 32.2. The van der Waals surface area contributed by atoms with Gasteiger partial charge >= 0.3 is 5.69 Å². The second kappa shape index (κ2) is 7.66. The first-order chi connectivity index (χ1) is 13.6. The SMILES string of the molecule is CC(=O)[C@@H](Sc1nc(-c2ccco2)nc2c1c(=O)n(C)c(=O)n2C)C(=O)N(C)C. The molecule has 10 nitrogen and oxygen atoms in total. The molecule has 11 heteroatoms. The van der Waals surface area contributed by atoms with Crippen molar-refractivity contribution in [3.05, 3.63) is 39.2 Å². The van der Waals surface area contributed by atoms with Crippen molar-refractivity contribution < 1.29 is 14.0 Å². The van der Waals surface area contributed by atoms with Gasteiger partial charge in [0, 0.05) is 28.2 Å². The van der Waals surface area contributed by atoms with Gasteiger partial charge in [-0.05, 0) is 19.1 Å². The van der Waals surface area contributed by atoms with Crippen LogP contribution in [0.1, 0.15) is 6.92 Å². The van der Waals surface area contributed by atoms with E-state index < -0.39 is 22.4 Å². The number of aromatic nitrogens is 4. The van der Waals surface area contributed by atoms with E-state index in [1.54, 1.807) is 12.1 Å². The molecule has 3 aromatic heterocycles. The maximum Gasteiger partial charge on any atom is 0.332 e. The van der Waals surface area contributed by atoms with E-state index in [2.05, 4.69) is 9.97 Å². The van der Waals surface area contributed by atoms with Crippen LogP contribution >= 0.6 is 11.8 Å². The fraction of sp³-hybridized carbons (Fsp3) is 0.333. The Morgan fingerprint density at radius 3 is 2.41 bits per heavy atom. The molecule has 0 unspecified atom stereocenters. The van der Waals surface area contributed by atoms with Gasteiger partial charge in [-0.2, -0.15) is 0 Å². The Bertz CT molecular complexity index is 1230. The van der Waals surface area contributed by atoms with E-state index in [0.29, 0.717) is 5.76 Å². The van der Waals surface area contributed by atoms with Gasteiger partial charge in [0.25, 0.3) is 5.56 Å². The Labute approximate surface area is 169 Å². The average Bonchev–Trinajstić information content (AvgIpc) is 3.22. The molecule has 1 amide bonds. The Morgan fingerprint density at radius 2 is 1.86 bits per heavy atom. The summed E-state index contributed by atoms with van der Waals surface area (Å²) in [7, 11) is 5.89. The normalized spacial score (nSPS) is 12.2. The van der Waals surface area contributed by atoms with Gasteiger partial charge in [-0.1, -0.05) is 11.8 Å². The van der Waals surface area contributed by atoms with E-state index >= 15 is 0 Å². The van der Waals surface area contributed by atoms with Gasteiger partial charge in [-0.3, -0.25) is 23.5 Å². The number of aryl methyl sites for hydroxylation is 1. The van der Waals surface area contributed by atoms with Gasteiger partial charge in [0.1, 0.15) is 15.7 Å². The van der Waals surface area contributed by atoms with E-state index in [9.17, 15) is 19.2 Å². The summed E-state index contributed by atoms with van der Waals surface area (Å²) >= 11 is 0.849. The highest BCUT2D eigenvalue weighted by Crippen LogP contribution is 2.30. The molecule has 29 heavy (non-hydrogen) atoms. The lowest BCUT2D eigenvalue weighted by atomic mass is 10.3. The molecule has 0 saturated heterocycles. The minimum Gasteiger partial charge on any atom is -0.461 e. The molecular formula is C18H19N5O5S. The third-order valence-electron chi connectivity index (χ3n) is 4.27. The van der Waals surface area contributed by atoms with Crippen LogP contribution in [0.15, 0.2) is 37.4 Å². The van der Waals surface area contributed by atoms with Crippen LogP contribution < -0.4 is 11.2 Å². The lowest BCUT2D eigenvalue weighted by Crippen LogP contribution is -2.38. The molecule has 0 aromatic carbocycles. The number of nitrogens with zero attached hydrogens (tertiary/aromatic N) is 5. The molecule has 1 atom stereocenters. The Morgan fingerprint density at radius 1 is 1.17 bits per heavy atom. The molecule has 0 spiro atoms. The van der Waals surface area contributed by atoms with Crippen molar-refractivity contribution in [2.75, 3.05) is 14.1 Å². The molecule has 3 rings (SSSR count). The van der Waals surface area contributed by atoms with Gasteiger partial charge in [0.05, 0.1) is 6.26 Å². The predicted molar refractivity (Wildman–Crippen MR) is 107 cm³/mol. The third-order valence-corrected chi connectivity index (χ3v) is 5.56. The Balaban J connectivity index is 2.34. The number of hydrogen-bond donors (Lipinski definition) is 0. The number of amides is 1. The molecule has 3 heterocycles. The molecule has 0 bridgehead atoms. The minimum absolute atomic E-state index is 0.0488. The fourth-order valence-electron chi connectivity index (χ4n) is 2.68. The molecule has 152 valence electrons. The van der Waals surface area contributed by atoms with Crippen LogP contribution in [-0.4, -0.2) is 55.0 Å². The molecule has 3 aromatic rings. The van der Waals surface area contributed by atoms with Gasteiger partial charge in [-0.25, -0.2) is 14.8 Å². The van der Waals surface area contributed by atoms with Crippen molar-refractivity contribution in [3.63, 3.8) is 0 Å². The van der Waals surface area contributed by atoms with Crippen molar-refractivity contribution in [1.82, 2.24) is 24.0 Å². The zero-order chi connectivity index (χ0) is 21.5. The topological polar surface area (TPSA) is 120 Å². The van der Waals surface area contributed by atoms with E-state index in [1.165, 1.54) is 50.8 Å². The van der Waals surface area contributed by atoms with E-state index in [0.717, 1.165) is 16.3 Å². The van der Waals surface area contributed by atoms with E-state index in [1.807, 2.05) is 0 Å². The molecule has 0 aliphatic rings. The van der Waals surface area contributed by atoms with E-state index in [-0.39, 0.29) is 27.7 Å². The standard InChI is InChI=1S/C18H19N5O5S/c1-9(24)12(17(26)21(2)3)29-15-11-14(22(4)18(27)23(5)16(11)25)19-13(20-15)10-7-6-8-28-10/h6-8,12H,1-5H3/t12-/m1/s1.